The third-order valence-corrected chi connectivity index (χ3v) is 5.09. The highest BCUT2D eigenvalue weighted by molar-refractivity contribution is 5.92. The van der Waals surface area contributed by atoms with Gasteiger partial charge in [0.25, 0.3) is 0 Å². The van der Waals surface area contributed by atoms with Crippen LogP contribution in [0.4, 0.5) is 20.3 Å². The van der Waals surface area contributed by atoms with Crippen LogP contribution < -0.4 is 10.2 Å². The van der Waals surface area contributed by atoms with Crippen LogP contribution in [0.15, 0.2) is 43.0 Å². The van der Waals surface area contributed by atoms with Crippen LogP contribution >= 0.6 is 0 Å². The molecule has 0 atom stereocenters. The fourth-order valence-corrected chi connectivity index (χ4v) is 3.46. The van der Waals surface area contributed by atoms with Crippen LogP contribution in [0.2, 0.25) is 0 Å². The van der Waals surface area contributed by atoms with Crippen LogP contribution in [0, 0.1) is 24.5 Å². The Bertz CT molecular complexity index is 1030. The Morgan fingerprint density at radius 3 is 2.59 bits per heavy atom. The predicted octanol–water partition coefficient (Wildman–Crippen LogP) is 3.10. The Hall–Kier alpha value is -3.36. The number of hydrogen-bond donors (Lipinski definition) is 1. The second kappa shape index (κ2) is 7.94. The van der Waals surface area contributed by atoms with Crippen molar-refractivity contribution in [1.29, 1.82) is 0 Å². The first-order valence-corrected chi connectivity index (χ1v) is 9.34. The Morgan fingerprint density at radius 1 is 1.10 bits per heavy atom. The summed E-state index contributed by atoms with van der Waals surface area (Å²) in [4.78, 5) is 27.4. The molecule has 4 rings (SSSR count). The number of hydrogen-bond acceptors (Lipinski definition) is 5. The lowest BCUT2D eigenvalue weighted by Gasteiger charge is -2.32. The van der Waals surface area contributed by atoms with Gasteiger partial charge in [-0.2, -0.15) is 0 Å². The first kappa shape index (κ1) is 19.0. The van der Waals surface area contributed by atoms with Crippen molar-refractivity contribution in [3.63, 3.8) is 0 Å². The molecule has 9 heteroatoms. The fraction of sp³-hybridized carbons (Fsp3) is 0.300. The smallest absolute Gasteiger partial charge is 0.227 e. The van der Waals surface area contributed by atoms with Crippen LogP contribution in [0.5, 0.6) is 0 Å². The first-order chi connectivity index (χ1) is 14.0. The van der Waals surface area contributed by atoms with Gasteiger partial charge in [0.2, 0.25) is 5.91 Å². The van der Waals surface area contributed by atoms with E-state index in [1.165, 1.54) is 6.33 Å². The molecule has 29 heavy (non-hydrogen) atoms. The number of carbonyl (C=O) groups is 1. The molecule has 0 spiro atoms. The molecule has 0 unspecified atom stereocenters. The van der Waals surface area contributed by atoms with Gasteiger partial charge in [-0.3, -0.25) is 9.36 Å². The van der Waals surface area contributed by atoms with Crippen molar-refractivity contribution in [2.75, 3.05) is 23.3 Å². The highest BCUT2D eigenvalue weighted by atomic mass is 19.1. The largest absolute Gasteiger partial charge is 0.356 e. The number of aromatic nitrogens is 4. The van der Waals surface area contributed by atoms with Crippen molar-refractivity contribution in [2.45, 2.75) is 19.8 Å². The number of nitrogens with one attached hydrogen (secondary N) is 1. The van der Waals surface area contributed by atoms with E-state index in [9.17, 15) is 13.6 Å². The number of piperidine rings is 1. The van der Waals surface area contributed by atoms with Gasteiger partial charge in [-0.15, -0.1) is 0 Å². The zero-order chi connectivity index (χ0) is 20.4. The van der Waals surface area contributed by atoms with Gasteiger partial charge in [-0.25, -0.2) is 23.7 Å². The number of imidazole rings is 1. The van der Waals surface area contributed by atoms with E-state index in [0.29, 0.717) is 25.9 Å². The number of rotatable bonds is 4. The van der Waals surface area contributed by atoms with Gasteiger partial charge in [0.05, 0.1) is 5.69 Å². The van der Waals surface area contributed by atoms with E-state index < -0.39 is 11.6 Å². The molecule has 1 saturated heterocycles. The Kier molecular flexibility index (Phi) is 5.20. The molecule has 7 nitrogen and oxygen atoms in total. The molecule has 3 aromatic rings. The van der Waals surface area contributed by atoms with Crippen molar-refractivity contribution in [3.05, 3.63) is 60.4 Å². The Morgan fingerprint density at radius 2 is 1.86 bits per heavy atom. The number of carbonyl (C=O) groups excluding carboxylic acids is 1. The number of anilines is 2. The first-order valence-electron chi connectivity index (χ1n) is 9.34. The summed E-state index contributed by atoms with van der Waals surface area (Å²) in [6.45, 7) is 3.15. The maximum absolute atomic E-state index is 13.8. The summed E-state index contributed by atoms with van der Waals surface area (Å²) in [6.07, 6.45) is 6.24. The molecule has 1 amide bonds. The summed E-state index contributed by atoms with van der Waals surface area (Å²) in [7, 11) is 0. The molecule has 1 aliphatic rings. The summed E-state index contributed by atoms with van der Waals surface area (Å²) < 4.78 is 28.9. The fourth-order valence-electron chi connectivity index (χ4n) is 3.46. The SMILES string of the molecule is Cc1nccn1-c1cc(N2CCC(C(=O)Nc3cc(F)ccc3F)CC2)ncn1. The number of benzene rings is 1. The molecule has 0 radical (unpaired) electrons. The molecule has 0 bridgehead atoms. The molecule has 150 valence electrons. The average Bonchev–Trinajstić information content (AvgIpc) is 3.17. The molecule has 2 aromatic heterocycles. The minimum Gasteiger partial charge on any atom is -0.356 e. The van der Waals surface area contributed by atoms with Crippen LogP contribution in [0.3, 0.4) is 0 Å². The van der Waals surface area contributed by atoms with E-state index in [0.717, 1.165) is 35.7 Å². The van der Waals surface area contributed by atoms with E-state index in [1.807, 2.05) is 23.8 Å². The zero-order valence-electron chi connectivity index (χ0n) is 15.8. The second-order valence-corrected chi connectivity index (χ2v) is 6.95. The maximum atomic E-state index is 13.8. The Labute approximate surface area is 166 Å². The maximum Gasteiger partial charge on any atom is 0.227 e. The summed E-state index contributed by atoms with van der Waals surface area (Å²) >= 11 is 0. The zero-order valence-corrected chi connectivity index (χ0v) is 15.8. The normalized spacial score (nSPS) is 14.8. The number of nitrogens with zero attached hydrogens (tertiary/aromatic N) is 5. The average molecular weight is 398 g/mol. The minimum absolute atomic E-state index is 0.131. The highest BCUT2D eigenvalue weighted by Gasteiger charge is 2.26. The third kappa shape index (κ3) is 4.08. The van der Waals surface area contributed by atoms with Crippen LogP contribution in [-0.4, -0.2) is 38.5 Å². The third-order valence-electron chi connectivity index (χ3n) is 5.09. The summed E-state index contributed by atoms with van der Waals surface area (Å²) in [6, 6.07) is 4.90. The van der Waals surface area contributed by atoms with Crippen LogP contribution in [0.25, 0.3) is 5.82 Å². The molecule has 1 fully saturated rings. The van der Waals surface area contributed by atoms with Crippen molar-refractivity contribution in [2.24, 2.45) is 5.92 Å². The van der Waals surface area contributed by atoms with Crippen LogP contribution in [0.1, 0.15) is 18.7 Å². The molecule has 1 N–H and O–H groups in total. The summed E-state index contributed by atoms with van der Waals surface area (Å²) in [5.74, 6) is 0.515. The second-order valence-electron chi connectivity index (χ2n) is 6.95. The van der Waals surface area contributed by atoms with E-state index in [2.05, 4.69) is 25.2 Å². The molecule has 1 aromatic carbocycles. The lowest BCUT2D eigenvalue weighted by Crippen LogP contribution is -2.38. The lowest BCUT2D eigenvalue weighted by molar-refractivity contribution is -0.120. The molecule has 0 aliphatic carbocycles. The minimum atomic E-state index is -0.652. The molecule has 0 saturated carbocycles. The monoisotopic (exact) mass is 398 g/mol. The summed E-state index contributed by atoms with van der Waals surface area (Å²) in [5.41, 5.74) is -0.131. The number of aryl methyl sites for hydroxylation is 1. The van der Waals surface area contributed by atoms with Crippen molar-refractivity contribution < 1.29 is 13.6 Å². The van der Waals surface area contributed by atoms with Crippen molar-refractivity contribution in [1.82, 2.24) is 19.5 Å². The van der Waals surface area contributed by atoms with Gasteiger partial charge in [0, 0.05) is 43.5 Å². The van der Waals surface area contributed by atoms with Crippen molar-refractivity contribution in [3.8, 4) is 5.82 Å². The van der Waals surface area contributed by atoms with Gasteiger partial charge in [-0.1, -0.05) is 0 Å². The molecular weight excluding hydrogens is 378 g/mol. The van der Waals surface area contributed by atoms with Gasteiger partial charge >= 0.3 is 0 Å². The van der Waals surface area contributed by atoms with Gasteiger partial charge in [0.15, 0.2) is 0 Å². The topological polar surface area (TPSA) is 75.9 Å². The molecule has 1 aliphatic heterocycles. The van der Waals surface area contributed by atoms with E-state index in [1.54, 1.807) is 6.20 Å². The Balaban J connectivity index is 1.40. The summed E-state index contributed by atoms with van der Waals surface area (Å²) in [5, 5.41) is 2.50. The quantitative estimate of drug-likeness (QED) is 0.731. The molecular formula is C20H20F2N6O. The number of amides is 1. The van der Waals surface area contributed by atoms with Gasteiger partial charge < -0.3 is 10.2 Å². The standard InChI is InChI=1S/C20H20F2N6O/c1-13-23-6-9-28(13)19-11-18(24-12-25-19)27-7-4-14(5-8-27)20(29)26-17-10-15(21)2-3-16(17)22/h2-3,6,9-12,14H,4-5,7-8H2,1H3,(H,26,29). The van der Waals surface area contributed by atoms with Gasteiger partial charge in [0.1, 0.15) is 35.4 Å². The predicted molar refractivity (Wildman–Crippen MR) is 104 cm³/mol. The van der Waals surface area contributed by atoms with Crippen molar-refractivity contribution >= 4 is 17.4 Å². The molecule has 3 heterocycles. The van der Waals surface area contributed by atoms with Crippen LogP contribution in [-0.2, 0) is 4.79 Å². The number of halogens is 2. The highest BCUT2D eigenvalue weighted by Crippen LogP contribution is 2.25. The lowest BCUT2D eigenvalue weighted by atomic mass is 9.95. The van der Waals surface area contributed by atoms with Gasteiger partial charge in [-0.05, 0) is 31.9 Å². The van der Waals surface area contributed by atoms with E-state index in [-0.39, 0.29) is 17.5 Å². The van der Waals surface area contributed by atoms with E-state index >= 15 is 0 Å². The van der Waals surface area contributed by atoms with E-state index in [4.69, 9.17) is 0 Å².